The van der Waals surface area contributed by atoms with Gasteiger partial charge in [-0.3, -0.25) is 9.59 Å². The molecule has 2 fully saturated rings. The fraction of sp³-hybridized carbons (Fsp3) is 0.586. The Hall–Kier alpha value is -2.84. The Labute approximate surface area is 217 Å². The fourth-order valence-electron chi connectivity index (χ4n) is 6.45. The van der Waals surface area contributed by atoms with Crippen LogP contribution in [0.15, 0.2) is 16.9 Å². The Kier molecular flexibility index (Phi) is 5.52. The number of benzene rings is 1. The van der Waals surface area contributed by atoms with Crippen LogP contribution in [0.3, 0.4) is 0 Å². The lowest BCUT2D eigenvalue weighted by atomic mass is 9.83. The van der Waals surface area contributed by atoms with Crippen molar-refractivity contribution in [2.75, 3.05) is 27.2 Å². The van der Waals surface area contributed by atoms with Gasteiger partial charge in [0.1, 0.15) is 6.10 Å². The molecule has 1 aromatic carbocycles. The van der Waals surface area contributed by atoms with Crippen molar-refractivity contribution in [3.05, 3.63) is 56.0 Å². The molecule has 1 aliphatic carbocycles. The van der Waals surface area contributed by atoms with Gasteiger partial charge in [-0.1, -0.05) is 0 Å². The van der Waals surface area contributed by atoms with E-state index in [0.717, 1.165) is 48.1 Å². The third kappa shape index (κ3) is 3.87. The zero-order valence-electron chi connectivity index (χ0n) is 22.7. The zero-order valence-corrected chi connectivity index (χ0v) is 22.7. The van der Waals surface area contributed by atoms with Gasteiger partial charge in [0.2, 0.25) is 0 Å². The number of nitrogens with zero attached hydrogens (tertiary/aromatic N) is 2. The van der Waals surface area contributed by atoms with E-state index < -0.39 is 5.79 Å². The predicted octanol–water partition coefficient (Wildman–Crippen LogP) is 3.58. The molecule has 3 aliphatic heterocycles. The first-order valence-electron chi connectivity index (χ1n) is 13.3. The SMILES string of the molecule is Cc1cc(C)c(CN2CC3(CC3)c3cc4c(c(C)c3C2=O)OC(C)([C@@H]2CC[C@@H](N(C)C)CO2)O4)c(=O)[nH]1. The van der Waals surface area contributed by atoms with Crippen LogP contribution in [0.2, 0.25) is 0 Å². The molecule has 2 aromatic rings. The summed E-state index contributed by atoms with van der Waals surface area (Å²) in [5, 5.41) is 0. The smallest absolute Gasteiger partial charge is 0.274 e. The van der Waals surface area contributed by atoms with E-state index in [1.165, 1.54) is 0 Å². The minimum absolute atomic E-state index is 0.0489. The summed E-state index contributed by atoms with van der Waals surface area (Å²) < 4.78 is 19.2. The summed E-state index contributed by atoms with van der Waals surface area (Å²) >= 11 is 0. The molecule has 4 heterocycles. The van der Waals surface area contributed by atoms with E-state index in [4.69, 9.17) is 14.2 Å². The number of likely N-dealkylation sites (N-methyl/N-ethyl adjacent to an activating group) is 1. The summed E-state index contributed by atoms with van der Waals surface area (Å²) in [6, 6.07) is 4.39. The molecule has 6 rings (SSSR count). The van der Waals surface area contributed by atoms with Gasteiger partial charge in [-0.15, -0.1) is 0 Å². The number of pyridine rings is 1. The summed E-state index contributed by atoms with van der Waals surface area (Å²) in [5.74, 6) is 0.359. The number of fused-ring (bicyclic) bond motifs is 3. The van der Waals surface area contributed by atoms with Crippen LogP contribution in [-0.4, -0.2) is 65.9 Å². The molecule has 1 amide bonds. The Balaban J connectivity index is 1.31. The number of hydrogen-bond acceptors (Lipinski definition) is 6. The Morgan fingerprint density at radius 1 is 1.11 bits per heavy atom. The normalized spacial score (nSPS) is 27.6. The summed E-state index contributed by atoms with van der Waals surface area (Å²) in [4.78, 5) is 33.6. The van der Waals surface area contributed by atoms with Gasteiger partial charge in [-0.05, 0) is 83.8 Å². The van der Waals surface area contributed by atoms with Gasteiger partial charge in [0.15, 0.2) is 11.5 Å². The average Bonchev–Trinajstić information content (AvgIpc) is 3.52. The van der Waals surface area contributed by atoms with Crippen molar-refractivity contribution in [1.29, 1.82) is 0 Å². The Morgan fingerprint density at radius 2 is 1.86 bits per heavy atom. The molecule has 0 radical (unpaired) electrons. The Bertz CT molecular complexity index is 1340. The second-order valence-electron chi connectivity index (χ2n) is 11.9. The molecule has 1 saturated heterocycles. The highest BCUT2D eigenvalue weighted by Gasteiger charge is 2.55. The van der Waals surface area contributed by atoms with Gasteiger partial charge in [-0.25, -0.2) is 0 Å². The van der Waals surface area contributed by atoms with E-state index in [9.17, 15) is 9.59 Å². The van der Waals surface area contributed by atoms with E-state index in [1.807, 2.05) is 44.7 Å². The number of nitrogens with one attached hydrogen (secondary N) is 1. The zero-order chi connectivity index (χ0) is 26.3. The summed E-state index contributed by atoms with van der Waals surface area (Å²) in [6.45, 7) is 9.26. The van der Waals surface area contributed by atoms with Gasteiger partial charge in [0.05, 0.1) is 18.7 Å². The highest BCUT2D eigenvalue weighted by molar-refractivity contribution is 6.00. The quantitative estimate of drug-likeness (QED) is 0.681. The molecule has 1 unspecified atom stereocenters. The first kappa shape index (κ1) is 24.5. The van der Waals surface area contributed by atoms with Crippen LogP contribution in [0, 0.1) is 20.8 Å². The molecule has 8 nitrogen and oxygen atoms in total. The van der Waals surface area contributed by atoms with Crippen LogP contribution < -0.4 is 15.0 Å². The van der Waals surface area contributed by atoms with Gasteiger partial charge in [-0.2, -0.15) is 0 Å². The van der Waals surface area contributed by atoms with Gasteiger partial charge in [0, 0.05) is 41.7 Å². The van der Waals surface area contributed by atoms with E-state index in [0.29, 0.717) is 48.4 Å². The third-order valence-electron chi connectivity index (χ3n) is 8.93. The van der Waals surface area contributed by atoms with Crippen molar-refractivity contribution >= 4 is 5.91 Å². The van der Waals surface area contributed by atoms with Crippen LogP contribution in [0.25, 0.3) is 0 Å². The number of aryl methyl sites for hydroxylation is 2. The molecule has 4 aliphatic rings. The maximum Gasteiger partial charge on any atom is 0.274 e. The highest BCUT2D eigenvalue weighted by atomic mass is 16.8. The molecular formula is C29H37N3O5. The summed E-state index contributed by atoms with van der Waals surface area (Å²) in [6.07, 6.45) is 3.70. The molecule has 1 aromatic heterocycles. The number of aromatic amines is 1. The Morgan fingerprint density at radius 3 is 2.49 bits per heavy atom. The van der Waals surface area contributed by atoms with E-state index in [-0.39, 0.29) is 23.0 Å². The van der Waals surface area contributed by atoms with Crippen LogP contribution in [0.4, 0.5) is 0 Å². The number of rotatable bonds is 4. The highest BCUT2D eigenvalue weighted by Crippen LogP contribution is 2.57. The first-order valence-corrected chi connectivity index (χ1v) is 13.3. The number of amides is 1. The lowest BCUT2D eigenvalue weighted by molar-refractivity contribution is -0.190. The summed E-state index contributed by atoms with van der Waals surface area (Å²) in [7, 11) is 4.15. The van der Waals surface area contributed by atoms with E-state index in [1.54, 1.807) is 0 Å². The predicted molar refractivity (Wildman–Crippen MR) is 139 cm³/mol. The maximum absolute atomic E-state index is 13.9. The number of hydrogen-bond donors (Lipinski definition) is 1. The molecule has 3 atom stereocenters. The number of aromatic nitrogens is 1. The van der Waals surface area contributed by atoms with Gasteiger partial charge in [0.25, 0.3) is 17.3 Å². The molecule has 0 bridgehead atoms. The van der Waals surface area contributed by atoms with Crippen LogP contribution in [0.1, 0.15) is 70.9 Å². The van der Waals surface area contributed by atoms with Crippen molar-refractivity contribution in [1.82, 2.24) is 14.8 Å². The van der Waals surface area contributed by atoms with Crippen LogP contribution in [-0.2, 0) is 16.7 Å². The van der Waals surface area contributed by atoms with Crippen molar-refractivity contribution in [3.8, 4) is 11.5 Å². The maximum atomic E-state index is 13.9. The van der Waals surface area contributed by atoms with Gasteiger partial charge >= 0.3 is 0 Å². The molecule has 8 heteroatoms. The van der Waals surface area contributed by atoms with Gasteiger partial charge < -0.3 is 29.0 Å². The largest absolute Gasteiger partial charge is 0.446 e. The first-order chi connectivity index (χ1) is 17.5. The second kappa shape index (κ2) is 8.33. The minimum Gasteiger partial charge on any atom is -0.446 e. The summed E-state index contributed by atoms with van der Waals surface area (Å²) in [5.41, 5.74) is 4.75. The average molecular weight is 508 g/mol. The van der Waals surface area contributed by atoms with Crippen molar-refractivity contribution in [2.45, 2.75) is 83.3 Å². The van der Waals surface area contributed by atoms with Crippen LogP contribution in [0.5, 0.6) is 11.5 Å². The molecule has 1 N–H and O–H groups in total. The lowest BCUT2D eigenvalue weighted by Crippen LogP contribution is -2.53. The lowest BCUT2D eigenvalue weighted by Gasteiger charge is -2.38. The van der Waals surface area contributed by atoms with Crippen molar-refractivity contribution < 1.29 is 19.0 Å². The molecule has 1 spiro atoms. The topological polar surface area (TPSA) is 84.1 Å². The number of carbonyl (C=O) groups excluding carboxylic acids is 1. The monoisotopic (exact) mass is 507 g/mol. The second-order valence-corrected chi connectivity index (χ2v) is 11.9. The molecule has 198 valence electrons. The minimum atomic E-state index is -0.930. The van der Waals surface area contributed by atoms with Crippen molar-refractivity contribution in [2.24, 2.45) is 0 Å². The van der Waals surface area contributed by atoms with E-state index in [2.05, 4.69) is 24.0 Å². The molecule has 37 heavy (non-hydrogen) atoms. The molecule has 1 saturated carbocycles. The number of carbonyl (C=O) groups is 1. The molecular weight excluding hydrogens is 470 g/mol. The standard InChI is InChI=1S/C29H37N3O5/c1-16-11-17(2)30-26(33)20(16)13-32-15-29(9-10-29)21-12-22-25(18(3)24(21)27(32)34)37-28(4,36-22)23-8-7-19(14-35-23)31(5)6/h11-12,19,23H,7-10,13-15H2,1-6H3,(H,30,33)/t19-,23+,28?/m1/s1. The van der Waals surface area contributed by atoms with Crippen molar-refractivity contribution in [3.63, 3.8) is 0 Å². The third-order valence-corrected chi connectivity index (χ3v) is 8.93. The fourth-order valence-corrected chi connectivity index (χ4v) is 6.45. The number of H-pyrrole nitrogens is 1. The van der Waals surface area contributed by atoms with E-state index >= 15 is 0 Å². The van der Waals surface area contributed by atoms with Crippen LogP contribution >= 0.6 is 0 Å². The number of ether oxygens (including phenoxy) is 3.